The van der Waals surface area contributed by atoms with E-state index in [4.69, 9.17) is 5.26 Å². The minimum Gasteiger partial charge on any atom is -0.349 e. The topological polar surface area (TPSA) is 52.9 Å². The van der Waals surface area contributed by atoms with Gasteiger partial charge in [0.2, 0.25) is 0 Å². The van der Waals surface area contributed by atoms with Crippen LogP contribution < -0.4 is 5.32 Å². The van der Waals surface area contributed by atoms with Crippen LogP contribution in [0.25, 0.3) is 0 Å². The van der Waals surface area contributed by atoms with Crippen LogP contribution in [-0.4, -0.2) is 11.9 Å². The molecular formula is C15H18N2O. The van der Waals surface area contributed by atoms with Gasteiger partial charge in [-0.1, -0.05) is 6.92 Å². The summed E-state index contributed by atoms with van der Waals surface area (Å²) in [6, 6.07) is 9.13. The van der Waals surface area contributed by atoms with Crippen molar-refractivity contribution < 1.29 is 4.79 Å². The SMILES string of the molecule is CC1CCC(NC(=O)c2ccc(C#N)cc2)CC1. The van der Waals surface area contributed by atoms with Gasteiger partial charge in [-0.25, -0.2) is 0 Å². The van der Waals surface area contributed by atoms with Crippen LogP contribution in [-0.2, 0) is 0 Å². The number of benzene rings is 1. The number of carbonyl (C=O) groups excluding carboxylic acids is 1. The summed E-state index contributed by atoms with van der Waals surface area (Å²) in [5, 5.41) is 11.8. The molecule has 1 saturated carbocycles. The molecule has 1 aliphatic carbocycles. The van der Waals surface area contributed by atoms with Gasteiger partial charge in [0.25, 0.3) is 5.91 Å². The van der Waals surface area contributed by atoms with E-state index in [1.54, 1.807) is 24.3 Å². The molecule has 1 N–H and O–H groups in total. The van der Waals surface area contributed by atoms with Crippen molar-refractivity contribution in [2.45, 2.75) is 38.6 Å². The molecule has 1 fully saturated rings. The van der Waals surface area contributed by atoms with Gasteiger partial charge >= 0.3 is 0 Å². The summed E-state index contributed by atoms with van der Waals surface area (Å²) < 4.78 is 0. The second-order valence-electron chi connectivity index (χ2n) is 5.12. The molecule has 1 aliphatic rings. The molecule has 0 aliphatic heterocycles. The lowest BCUT2D eigenvalue weighted by Gasteiger charge is -2.26. The molecule has 1 amide bonds. The van der Waals surface area contributed by atoms with Crippen molar-refractivity contribution in [1.82, 2.24) is 5.32 Å². The minimum atomic E-state index is -0.0287. The lowest BCUT2D eigenvalue weighted by Crippen LogP contribution is -2.37. The van der Waals surface area contributed by atoms with Crippen LogP contribution in [0, 0.1) is 17.2 Å². The third-order valence-electron chi connectivity index (χ3n) is 3.63. The third kappa shape index (κ3) is 3.10. The van der Waals surface area contributed by atoms with Crippen molar-refractivity contribution in [3.05, 3.63) is 35.4 Å². The fourth-order valence-corrected chi connectivity index (χ4v) is 2.37. The van der Waals surface area contributed by atoms with Gasteiger partial charge in [-0.05, 0) is 55.9 Å². The number of nitrogens with zero attached hydrogens (tertiary/aromatic N) is 1. The molecule has 0 spiro atoms. The number of carbonyl (C=O) groups is 1. The predicted molar refractivity (Wildman–Crippen MR) is 70.0 cm³/mol. The highest BCUT2D eigenvalue weighted by Crippen LogP contribution is 2.23. The molecule has 18 heavy (non-hydrogen) atoms. The van der Waals surface area contributed by atoms with Crippen LogP contribution in [0.5, 0.6) is 0 Å². The molecule has 0 aromatic heterocycles. The molecule has 0 heterocycles. The summed E-state index contributed by atoms with van der Waals surface area (Å²) in [7, 11) is 0. The number of rotatable bonds is 2. The Labute approximate surface area is 108 Å². The van der Waals surface area contributed by atoms with E-state index in [1.165, 1.54) is 12.8 Å². The quantitative estimate of drug-likeness (QED) is 0.867. The van der Waals surface area contributed by atoms with E-state index in [0.29, 0.717) is 17.2 Å². The molecule has 1 aromatic carbocycles. The summed E-state index contributed by atoms with van der Waals surface area (Å²) in [5.41, 5.74) is 1.21. The van der Waals surface area contributed by atoms with Crippen LogP contribution in [0.1, 0.15) is 48.5 Å². The van der Waals surface area contributed by atoms with Gasteiger partial charge < -0.3 is 5.32 Å². The molecule has 3 nitrogen and oxygen atoms in total. The van der Waals surface area contributed by atoms with Gasteiger partial charge in [0, 0.05) is 11.6 Å². The maximum Gasteiger partial charge on any atom is 0.251 e. The summed E-state index contributed by atoms with van der Waals surface area (Å²) in [6.07, 6.45) is 4.53. The largest absolute Gasteiger partial charge is 0.349 e. The summed E-state index contributed by atoms with van der Waals surface area (Å²) in [5.74, 6) is 0.757. The Bertz CT molecular complexity index is 450. The zero-order valence-corrected chi connectivity index (χ0v) is 10.6. The van der Waals surface area contributed by atoms with Gasteiger partial charge in [0.15, 0.2) is 0 Å². The Hall–Kier alpha value is -1.82. The molecule has 0 atom stereocenters. The van der Waals surface area contributed by atoms with Gasteiger partial charge in [-0.2, -0.15) is 5.26 Å². The first kappa shape index (κ1) is 12.6. The highest BCUT2D eigenvalue weighted by molar-refractivity contribution is 5.94. The Morgan fingerprint density at radius 2 is 1.83 bits per heavy atom. The molecule has 94 valence electrons. The smallest absolute Gasteiger partial charge is 0.251 e. The zero-order chi connectivity index (χ0) is 13.0. The van der Waals surface area contributed by atoms with Crippen molar-refractivity contribution in [3.63, 3.8) is 0 Å². The monoisotopic (exact) mass is 242 g/mol. The Balaban J connectivity index is 1.93. The second-order valence-corrected chi connectivity index (χ2v) is 5.12. The number of hydrogen-bond donors (Lipinski definition) is 1. The molecule has 0 bridgehead atoms. The Morgan fingerprint density at radius 1 is 1.22 bits per heavy atom. The highest BCUT2D eigenvalue weighted by Gasteiger charge is 2.20. The van der Waals surface area contributed by atoms with Crippen molar-refractivity contribution in [1.29, 1.82) is 5.26 Å². The molecule has 0 unspecified atom stereocenters. The fraction of sp³-hybridized carbons (Fsp3) is 0.467. The average Bonchev–Trinajstić information content (AvgIpc) is 2.41. The van der Waals surface area contributed by atoms with Crippen molar-refractivity contribution in [3.8, 4) is 6.07 Å². The number of amides is 1. The minimum absolute atomic E-state index is 0.0287. The van der Waals surface area contributed by atoms with Gasteiger partial charge in [-0.15, -0.1) is 0 Å². The van der Waals surface area contributed by atoms with Gasteiger partial charge in [0.05, 0.1) is 11.6 Å². The number of nitriles is 1. The first-order valence-corrected chi connectivity index (χ1v) is 6.50. The van der Waals surface area contributed by atoms with E-state index in [-0.39, 0.29) is 5.91 Å². The van der Waals surface area contributed by atoms with Crippen LogP contribution >= 0.6 is 0 Å². The molecule has 3 heteroatoms. The van der Waals surface area contributed by atoms with Crippen molar-refractivity contribution in [2.75, 3.05) is 0 Å². The number of hydrogen-bond acceptors (Lipinski definition) is 2. The molecular weight excluding hydrogens is 224 g/mol. The van der Waals surface area contributed by atoms with E-state index >= 15 is 0 Å². The zero-order valence-electron chi connectivity index (χ0n) is 10.6. The van der Waals surface area contributed by atoms with Crippen LogP contribution in [0.2, 0.25) is 0 Å². The van der Waals surface area contributed by atoms with E-state index in [1.807, 2.05) is 6.07 Å². The lowest BCUT2D eigenvalue weighted by molar-refractivity contribution is 0.0923. The normalized spacial score (nSPS) is 23.1. The van der Waals surface area contributed by atoms with Gasteiger partial charge in [-0.3, -0.25) is 4.79 Å². The Morgan fingerprint density at radius 3 is 2.39 bits per heavy atom. The highest BCUT2D eigenvalue weighted by atomic mass is 16.1. The average molecular weight is 242 g/mol. The second kappa shape index (κ2) is 5.68. The van der Waals surface area contributed by atoms with E-state index in [2.05, 4.69) is 12.2 Å². The summed E-state index contributed by atoms with van der Waals surface area (Å²) in [4.78, 5) is 12.0. The van der Waals surface area contributed by atoms with E-state index in [0.717, 1.165) is 18.8 Å². The molecule has 1 aromatic rings. The summed E-state index contributed by atoms with van der Waals surface area (Å²) in [6.45, 7) is 2.26. The number of nitrogens with one attached hydrogen (secondary N) is 1. The van der Waals surface area contributed by atoms with Crippen LogP contribution in [0.3, 0.4) is 0 Å². The van der Waals surface area contributed by atoms with Crippen molar-refractivity contribution in [2.24, 2.45) is 5.92 Å². The maximum absolute atomic E-state index is 12.0. The van der Waals surface area contributed by atoms with Crippen LogP contribution in [0.15, 0.2) is 24.3 Å². The summed E-state index contributed by atoms with van der Waals surface area (Å²) >= 11 is 0. The standard InChI is InChI=1S/C15H18N2O/c1-11-2-8-14(9-3-11)17-15(18)13-6-4-12(10-16)5-7-13/h4-7,11,14H,2-3,8-9H2,1H3,(H,17,18). The maximum atomic E-state index is 12.0. The van der Waals surface area contributed by atoms with E-state index < -0.39 is 0 Å². The lowest BCUT2D eigenvalue weighted by atomic mass is 9.87. The molecule has 2 rings (SSSR count). The van der Waals surface area contributed by atoms with E-state index in [9.17, 15) is 4.79 Å². The molecule has 0 saturated heterocycles. The van der Waals surface area contributed by atoms with Gasteiger partial charge in [0.1, 0.15) is 0 Å². The fourth-order valence-electron chi connectivity index (χ4n) is 2.37. The van der Waals surface area contributed by atoms with Crippen molar-refractivity contribution >= 4 is 5.91 Å². The first-order valence-electron chi connectivity index (χ1n) is 6.50. The molecule has 0 radical (unpaired) electrons. The van der Waals surface area contributed by atoms with Crippen LogP contribution in [0.4, 0.5) is 0 Å². The first-order chi connectivity index (χ1) is 8.69. The predicted octanol–water partition coefficient (Wildman–Crippen LogP) is 2.87. The third-order valence-corrected chi connectivity index (χ3v) is 3.63. The Kier molecular flexibility index (Phi) is 3.99.